The molecule has 0 amide bonds. The fourth-order valence-corrected chi connectivity index (χ4v) is 4.27. The average Bonchev–Trinajstić information content (AvgIpc) is 3.10. The molecule has 1 aliphatic carbocycles. The predicted octanol–water partition coefficient (Wildman–Crippen LogP) is 3.25. The van der Waals surface area contributed by atoms with Gasteiger partial charge in [0, 0.05) is 13.1 Å². The number of hydrogen-bond donors (Lipinski definition) is 2. The highest BCUT2D eigenvalue weighted by atomic mass is 32.1. The SMILES string of the molecule is OC(CNCC1CCC2(CCCCC2)O1)c1ccsc1. The highest BCUT2D eigenvalue weighted by Crippen LogP contribution is 2.41. The maximum Gasteiger partial charge on any atom is 0.0922 e. The molecule has 4 heteroatoms. The lowest BCUT2D eigenvalue weighted by Gasteiger charge is -2.33. The van der Waals surface area contributed by atoms with Crippen LogP contribution in [0.1, 0.15) is 56.6 Å². The minimum absolute atomic E-state index is 0.205. The minimum atomic E-state index is -0.397. The first-order valence-electron chi connectivity index (χ1n) is 7.86. The van der Waals surface area contributed by atoms with E-state index in [-0.39, 0.29) is 5.60 Å². The summed E-state index contributed by atoms with van der Waals surface area (Å²) in [6.45, 7) is 1.48. The van der Waals surface area contributed by atoms with Gasteiger partial charge in [0.25, 0.3) is 0 Å². The highest BCUT2D eigenvalue weighted by molar-refractivity contribution is 7.07. The number of aliphatic hydroxyl groups excluding tert-OH is 1. The van der Waals surface area contributed by atoms with Crippen LogP contribution >= 0.6 is 11.3 Å². The molecule has 3 nitrogen and oxygen atoms in total. The summed E-state index contributed by atoms with van der Waals surface area (Å²) in [6, 6.07) is 1.99. The topological polar surface area (TPSA) is 41.5 Å². The van der Waals surface area contributed by atoms with Crippen molar-refractivity contribution in [1.82, 2.24) is 5.32 Å². The molecule has 1 aliphatic heterocycles. The Labute approximate surface area is 125 Å². The molecule has 1 saturated carbocycles. The normalized spacial score (nSPS) is 26.9. The number of thiophene rings is 1. The summed E-state index contributed by atoms with van der Waals surface area (Å²) in [6.07, 6.45) is 8.87. The van der Waals surface area contributed by atoms with Gasteiger partial charge >= 0.3 is 0 Å². The molecule has 112 valence electrons. The van der Waals surface area contributed by atoms with Gasteiger partial charge in [-0.1, -0.05) is 19.3 Å². The Hall–Kier alpha value is -0.420. The van der Waals surface area contributed by atoms with Crippen molar-refractivity contribution in [3.63, 3.8) is 0 Å². The van der Waals surface area contributed by atoms with Crippen molar-refractivity contribution in [3.8, 4) is 0 Å². The molecule has 3 rings (SSSR count). The third-order valence-corrected chi connectivity index (χ3v) is 5.44. The van der Waals surface area contributed by atoms with Crippen LogP contribution in [0, 0.1) is 0 Å². The minimum Gasteiger partial charge on any atom is -0.387 e. The molecule has 2 fully saturated rings. The Morgan fingerprint density at radius 2 is 2.20 bits per heavy atom. The molecule has 0 bridgehead atoms. The summed E-state index contributed by atoms with van der Waals surface area (Å²) in [5, 5.41) is 17.4. The molecule has 1 aromatic rings. The molecule has 20 heavy (non-hydrogen) atoms. The van der Waals surface area contributed by atoms with Crippen LogP contribution in [0.25, 0.3) is 0 Å². The zero-order valence-corrected chi connectivity index (χ0v) is 12.8. The molecular weight excluding hydrogens is 270 g/mol. The molecule has 2 N–H and O–H groups in total. The Morgan fingerprint density at radius 1 is 1.35 bits per heavy atom. The first-order valence-corrected chi connectivity index (χ1v) is 8.80. The smallest absolute Gasteiger partial charge is 0.0922 e. The van der Waals surface area contributed by atoms with Crippen LogP contribution in [0.4, 0.5) is 0 Å². The van der Waals surface area contributed by atoms with Gasteiger partial charge in [-0.3, -0.25) is 0 Å². The maximum atomic E-state index is 10.0. The lowest BCUT2D eigenvalue weighted by atomic mass is 9.83. The number of nitrogens with one attached hydrogen (secondary N) is 1. The zero-order valence-electron chi connectivity index (χ0n) is 12.0. The molecule has 1 aromatic heterocycles. The summed E-state index contributed by atoms with van der Waals surface area (Å²) in [4.78, 5) is 0. The predicted molar refractivity (Wildman–Crippen MR) is 82.1 cm³/mol. The molecule has 2 atom stereocenters. The van der Waals surface area contributed by atoms with E-state index in [1.165, 1.54) is 44.9 Å². The standard InChI is InChI=1S/C16H25NO2S/c18-15(13-5-9-20-12-13)11-17-10-14-4-8-16(19-14)6-2-1-3-7-16/h5,9,12,14-15,17-18H,1-4,6-8,10-11H2. The summed E-state index contributed by atoms with van der Waals surface area (Å²) in [7, 11) is 0. The van der Waals surface area contributed by atoms with Gasteiger partial charge in [0.2, 0.25) is 0 Å². The molecule has 1 spiro atoms. The number of ether oxygens (including phenoxy) is 1. The lowest BCUT2D eigenvalue weighted by molar-refractivity contribution is -0.0627. The van der Waals surface area contributed by atoms with E-state index in [1.54, 1.807) is 11.3 Å². The second-order valence-electron chi connectivity index (χ2n) is 6.25. The van der Waals surface area contributed by atoms with Crippen LogP contribution in [-0.2, 0) is 4.74 Å². The van der Waals surface area contributed by atoms with E-state index < -0.39 is 6.10 Å². The second-order valence-corrected chi connectivity index (χ2v) is 7.03. The monoisotopic (exact) mass is 295 g/mol. The highest BCUT2D eigenvalue weighted by Gasteiger charge is 2.40. The number of hydrogen-bond acceptors (Lipinski definition) is 4. The van der Waals surface area contributed by atoms with Crippen LogP contribution in [0.2, 0.25) is 0 Å². The van der Waals surface area contributed by atoms with Crippen LogP contribution in [0.5, 0.6) is 0 Å². The van der Waals surface area contributed by atoms with E-state index in [2.05, 4.69) is 5.32 Å². The van der Waals surface area contributed by atoms with Gasteiger partial charge in [0.15, 0.2) is 0 Å². The summed E-state index contributed by atoms with van der Waals surface area (Å²) in [5.74, 6) is 0. The van der Waals surface area contributed by atoms with Crippen LogP contribution in [0.3, 0.4) is 0 Å². The van der Waals surface area contributed by atoms with Gasteiger partial charge in [0.05, 0.1) is 17.8 Å². The Balaban J connectivity index is 1.39. The molecule has 2 aliphatic rings. The van der Waals surface area contributed by atoms with E-state index in [9.17, 15) is 5.11 Å². The molecule has 0 aromatic carbocycles. The van der Waals surface area contributed by atoms with E-state index in [1.807, 2.05) is 16.8 Å². The first-order chi connectivity index (χ1) is 9.77. The molecule has 0 radical (unpaired) electrons. The van der Waals surface area contributed by atoms with Gasteiger partial charge < -0.3 is 15.2 Å². The van der Waals surface area contributed by atoms with E-state index in [0.717, 1.165) is 12.1 Å². The largest absolute Gasteiger partial charge is 0.387 e. The van der Waals surface area contributed by atoms with Crippen LogP contribution in [0.15, 0.2) is 16.8 Å². The third kappa shape index (κ3) is 3.42. The molecule has 1 saturated heterocycles. The van der Waals surface area contributed by atoms with E-state index in [0.29, 0.717) is 12.6 Å². The van der Waals surface area contributed by atoms with Gasteiger partial charge in [-0.05, 0) is 48.1 Å². The van der Waals surface area contributed by atoms with Gasteiger partial charge in [-0.25, -0.2) is 0 Å². The quantitative estimate of drug-likeness (QED) is 0.876. The molecule has 2 heterocycles. The fraction of sp³-hybridized carbons (Fsp3) is 0.750. The summed E-state index contributed by atoms with van der Waals surface area (Å²) >= 11 is 1.63. The lowest BCUT2D eigenvalue weighted by Crippen LogP contribution is -2.35. The van der Waals surface area contributed by atoms with Gasteiger partial charge in [0.1, 0.15) is 0 Å². The van der Waals surface area contributed by atoms with Crippen molar-refractivity contribution in [2.45, 2.75) is 62.8 Å². The van der Waals surface area contributed by atoms with Crippen molar-refractivity contribution >= 4 is 11.3 Å². The Bertz CT molecular complexity index is 401. The average molecular weight is 295 g/mol. The van der Waals surface area contributed by atoms with Crippen molar-refractivity contribution in [2.75, 3.05) is 13.1 Å². The van der Waals surface area contributed by atoms with Crippen molar-refractivity contribution in [3.05, 3.63) is 22.4 Å². The van der Waals surface area contributed by atoms with E-state index in [4.69, 9.17) is 4.74 Å². The second kappa shape index (κ2) is 6.56. The zero-order chi connectivity index (χ0) is 13.8. The summed E-state index contributed by atoms with van der Waals surface area (Å²) in [5.41, 5.74) is 1.22. The van der Waals surface area contributed by atoms with Crippen LogP contribution in [-0.4, -0.2) is 29.9 Å². The van der Waals surface area contributed by atoms with Gasteiger partial charge in [-0.15, -0.1) is 0 Å². The van der Waals surface area contributed by atoms with Crippen LogP contribution < -0.4 is 5.32 Å². The van der Waals surface area contributed by atoms with Crippen molar-refractivity contribution < 1.29 is 9.84 Å². The van der Waals surface area contributed by atoms with E-state index >= 15 is 0 Å². The fourth-order valence-electron chi connectivity index (χ4n) is 3.57. The third-order valence-electron chi connectivity index (χ3n) is 4.74. The first kappa shape index (κ1) is 14.5. The Kier molecular flexibility index (Phi) is 4.76. The molecular formula is C16H25NO2S. The van der Waals surface area contributed by atoms with Crippen molar-refractivity contribution in [2.24, 2.45) is 0 Å². The molecule has 2 unspecified atom stereocenters. The number of aliphatic hydroxyl groups is 1. The number of rotatable bonds is 5. The maximum absolute atomic E-state index is 10.0. The summed E-state index contributed by atoms with van der Waals surface area (Å²) < 4.78 is 6.32. The Morgan fingerprint density at radius 3 is 2.95 bits per heavy atom. The van der Waals surface area contributed by atoms with Gasteiger partial charge in [-0.2, -0.15) is 11.3 Å². The van der Waals surface area contributed by atoms with Crippen molar-refractivity contribution in [1.29, 1.82) is 0 Å².